The number of hydrogen-bond acceptors (Lipinski definition) is 4. The van der Waals surface area contributed by atoms with E-state index in [1.165, 1.54) is 0 Å². The van der Waals surface area contributed by atoms with E-state index in [1.54, 1.807) is 11.3 Å². The molecule has 1 aromatic carbocycles. The Labute approximate surface area is 141 Å². The first-order valence-electron chi connectivity index (χ1n) is 8.17. The van der Waals surface area contributed by atoms with Crippen molar-refractivity contribution in [2.24, 2.45) is 5.92 Å². The average molecular weight is 329 g/mol. The maximum Gasteiger partial charge on any atom is 0.241 e. The molecule has 0 aliphatic carbocycles. The zero-order valence-electron chi connectivity index (χ0n) is 13.7. The summed E-state index contributed by atoms with van der Waals surface area (Å²) in [6.07, 6.45) is 2.06. The van der Waals surface area contributed by atoms with Crippen LogP contribution in [0.25, 0.3) is 11.3 Å². The normalized spacial score (nSPS) is 18.5. The van der Waals surface area contributed by atoms with Gasteiger partial charge in [0.05, 0.1) is 17.2 Å². The Kier molecular flexibility index (Phi) is 5.08. The number of benzene rings is 1. The first-order valence-corrected chi connectivity index (χ1v) is 9.11. The Hall–Kier alpha value is -1.72. The Morgan fingerprint density at radius 3 is 2.83 bits per heavy atom. The minimum absolute atomic E-state index is 0.00983. The monoisotopic (exact) mass is 329 g/mol. The third kappa shape index (κ3) is 3.98. The molecule has 5 heteroatoms. The summed E-state index contributed by atoms with van der Waals surface area (Å²) in [5, 5.41) is 5.08. The van der Waals surface area contributed by atoms with Gasteiger partial charge in [0.2, 0.25) is 5.91 Å². The first kappa shape index (κ1) is 16.1. The molecule has 1 saturated heterocycles. The number of likely N-dealkylation sites (tertiary alicyclic amines) is 1. The van der Waals surface area contributed by atoms with Crippen LogP contribution < -0.4 is 5.32 Å². The molecule has 0 radical (unpaired) electrons. The fraction of sp³-hybridized carbons (Fsp3) is 0.444. The lowest BCUT2D eigenvalue weighted by Gasteiger charge is -2.25. The van der Waals surface area contributed by atoms with Crippen molar-refractivity contribution in [1.29, 1.82) is 0 Å². The Morgan fingerprint density at radius 1 is 1.39 bits per heavy atom. The van der Waals surface area contributed by atoms with E-state index in [9.17, 15) is 4.79 Å². The molecule has 122 valence electrons. The van der Waals surface area contributed by atoms with Crippen molar-refractivity contribution < 1.29 is 4.79 Å². The van der Waals surface area contributed by atoms with Gasteiger partial charge >= 0.3 is 0 Å². The molecule has 1 aliphatic rings. The predicted octanol–water partition coefficient (Wildman–Crippen LogP) is 3.87. The lowest BCUT2D eigenvalue weighted by Crippen LogP contribution is -2.41. The summed E-state index contributed by atoms with van der Waals surface area (Å²) >= 11 is 1.58. The zero-order chi connectivity index (χ0) is 16.2. The van der Waals surface area contributed by atoms with Crippen LogP contribution >= 0.6 is 11.3 Å². The van der Waals surface area contributed by atoms with Crippen LogP contribution in [0.4, 0.5) is 5.69 Å². The minimum atomic E-state index is 0.00983. The molecule has 1 fully saturated rings. The van der Waals surface area contributed by atoms with E-state index in [4.69, 9.17) is 0 Å². The molecule has 0 unspecified atom stereocenters. The highest BCUT2D eigenvalue weighted by molar-refractivity contribution is 7.07. The minimum Gasteiger partial charge on any atom is -0.325 e. The number of carbonyl (C=O) groups is 1. The summed E-state index contributed by atoms with van der Waals surface area (Å²) in [5.41, 5.74) is 4.73. The average Bonchev–Trinajstić information content (AvgIpc) is 3.18. The lowest BCUT2D eigenvalue weighted by atomic mass is 10.1. The molecule has 1 aliphatic heterocycles. The van der Waals surface area contributed by atoms with Crippen LogP contribution in [0.5, 0.6) is 0 Å². The summed E-state index contributed by atoms with van der Waals surface area (Å²) < 4.78 is 0. The van der Waals surface area contributed by atoms with Gasteiger partial charge in [-0.05, 0) is 37.4 Å². The van der Waals surface area contributed by atoms with Gasteiger partial charge in [0, 0.05) is 23.2 Å². The molecular weight excluding hydrogens is 306 g/mol. The largest absolute Gasteiger partial charge is 0.325 e. The number of nitrogens with one attached hydrogen (secondary N) is 1. The van der Waals surface area contributed by atoms with Crippen LogP contribution in [0.1, 0.15) is 26.7 Å². The SMILES string of the molecule is CC(C)CN1CCC[C@@H]1C(=O)Nc1ccc(-c2cscn2)cc1. The van der Waals surface area contributed by atoms with Crippen LogP contribution in [0.3, 0.4) is 0 Å². The fourth-order valence-electron chi connectivity index (χ4n) is 3.12. The van der Waals surface area contributed by atoms with Gasteiger partial charge < -0.3 is 5.32 Å². The second-order valence-electron chi connectivity index (χ2n) is 6.49. The molecule has 1 N–H and O–H groups in total. The lowest BCUT2D eigenvalue weighted by molar-refractivity contribution is -0.120. The van der Waals surface area contributed by atoms with Crippen LogP contribution in [0.2, 0.25) is 0 Å². The smallest absolute Gasteiger partial charge is 0.241 e. The van der Waals surface area contributed by atoms with Gasteiger partial charge in [-0.1, -0.05) is 26.0 Å². The van der Waals surface area contributed by atoms with Crippen molar-refractivity contribution in [2.45, 2.75) is 32.7 Å². The van der Waals surface area contributed by atoms with Crippen LogP contribution in [-0.2, 0) is 4.79 Å². The number of aromatic nitrogens is 1. The maximum atomic E-state index is 12.6. The van der Waals surface area contributed by atoms with Gasteiger partial charge in [-0.3, -0.25) is 9.69 Å². The third-order valence-corrected chi connectivity index (χ3v) is 4.73. The number of carbonyl (C=O) groups excluding carboxylic acids is 1. The highest BCUT2D eigenvalue weighted by Crippen LogP contribution is 2.23. The first-order chi connectivity index (χ1) is 11.1. The van der Waals surface area contributed by atoms with E-state index in [1.807, 2.05) is 35.2 Å². The molecule has 2 heterocycles. The van der Waals surface area contributed by atoms with Crippen molar-refractivity contribution >= 4 is 22.9 Å². The van der Waals surface area contributed by atoms with Crippen LogP contribution in [0.15, 0.2) is 35.2 Å². The second-order valence-corrected chi connectivity index (χ2v) is 7.21. The van der Waals surface area contributed by atoms with Crippen molar-refractivity contribution in [3.8, 4) is 11.3 Å². The van der Waals surface area contributed by atoms with Gasteiger partial charge in [0.15, 0.2) is 0 Å². The quantitative estimate of drug-likeness (QED) is 0.906. The standard InChI is InChI=1S/C18H23N3OS/c1-13(2)10-21-9-3-4-17(21)18(22)20-15-7-5-14(6-8-15)16-11-23-12-19-16/h5-8,11-13,17H,3-4,9-10H2,1-2H3,(H,20,22)/t17-/m1/s1. The Balaban J connectivity index is 1.63. The van der Waals surface area contributed by atoms with Crippen molar-refractivity contribution in [3.63, 3.8) is 0 Å². The molecule has 3 rings (SSSR count). The molecule has 1 amide bonds. The van der Waals surface area contributed by atoms with E-state index in [0.29, 0.717) is 5.92 Å². The topological polar surface area (TPSA) is 45.2 Å². The number of amides is 1. The maximum absolute atomic E-state index is 12.6. The van der Waals surface area contributed by atoms with E-state index in [2.05, 4.69) is 29.0 Å². The Bertz CT molecular complexity index is 637. The summed E-state index contributed by atoms with van der Waals surface area (Å²) in [5.74, 6) is 0.699. The molecule has 2 aromatic rings. The highest BCUT2D eigenvalue weighted by atomic mass is 32.1. The van der Waals surface area contributed by atoms with Crippen LogP contribution in [0, 0.1) is 5.92 Å². The van der Waals surface area contributed by atoms with Gasteiger partial charge in [0.25, 0.3) is 0 Å². The predicted molar refractivity (Wildman–Crippen MR) is 95.6 cm³/mol. The molecule has 0 spiro atoms. The van der Waals surface area contributed by atoms with Crippen molar-refractivity contribution in [3.05, 3.63) is 35.2 Å². The van der Waals surface area contributed by atoms with Gasteiger partial charge in [-0.2, -0.15) is 0 Å². The van der Waals surface area contributed by atoms with Crippen molar-refractivity contribution in [2.75, 3.05) is 18.4 Å². The van der Waals surface area contributed by atoms with E-state index < -0.39 is 0 Å². The zero-order valence-corrected chi connectivity index (χ0v) is 14.5. The number of rotatable bonds is 5. The molecule has 23 heavy (non-hydrogen) atoms. The Morgan fingerprint density at radius 2 is 2.17 bits per heavy atom. The summed E-state index contributed by atoms with van der Waals surface area (Å²) in [7, 11) is 0. The van der Waals surface area contributed by atoms with E-state index in [0.717, 1.165) is 42.9 Å². The number of thiazole rings is 1. The van der Waals surface area contributed by atoms with E-state index >= 15 is 0 Å². The van der Waals surface area contributed by atoms with Crippen LogP contribution in [-0.4, -0.2) is 34.9 Å². The molecule has 1 atom stereocenters. The summed E-state index contributed by atoms with van der Waals surface area (Å²) in [6.45, 7) is 6.41. The number of anilines is 1. The molecular formula is C18H23N3OS. The number of nitrogens with zero attached hydrogens (tertiary/aromatic N) is 2. The highest BCUT2D eigenvalue weighted by Gasteiger charge is 2.30. The number of hydrogen-bond donors (Lipinski definition) is 1. The summed E-state index contributed by atoms with van der Waals surface area (Å²) in [4.78, 5) is 19.2. The van der Waals surface area contributed by atoms with Gasteiger partial charge in [-0.15, -0.1) is 11.3 Å². The van der Waals surface area contributed by atoms with Gasteiger partial charge in [-0.25, -0.2) is 4.98 Å². The fourth-order valence-corrected chi connectivity index (χ4v) is 3.68. The molecule has 4 nitrogen and oxygen atoms in total. The molecule has 1 aromatic heterocycles. The summed E-state index contributed by atoms with van der Waals surface area (Å²) in [6, 6.07) is 7.93. The second kappa shape index (κ2) is 7.23. The molecule has 0 saturated carbocycles. The third-order valence-electron chi connectivity index (χ3n) is 4.15. The van der Waals surface area contributed by atoms with Crippen molar-refractivity contribution in [1.82, 2.24) is 9.88 Å². The van der Waals surface area contributed by atoms with E-state index in [-0.39, 0.29) is 11.9 Å². The van der Waals surface area contributed by atoms with Gasteiger partial charge in [0.1, 0.15) is 0 Å². The molecule has 0 bridgehead atoms.